The number of benzene rings is 1. The fourth-order valence-corrected chi connectivity index (χ4v) is 2.89. The van der Waals surface area contributed by atoms with Gasteiger partial charge in [0.2, 0.25) is 0 Å². The Kier molecular flexibility index (Phi) is 5.12. The normalized spacial score (nSPS) is 11.9. The van der Waals surface area contributed by atoms with Crippen LogP contribution in [0, 0.1) is 0 Å². The van der Waals surface area contributed by atoms with E-state index >= 15 is 0 Å². The van der Waals surface area contributed by atoms with Crippen LogP contribution < -0.4 is 10.6 Å². The van der Waals surface area contributed by atoms with Gasteiger partial charge in [0.15, 0.2) is 0 Å². The van der Waals surface area contributed by atoms with Crippen LogP contribution in [-0.2, 0) is 13.1 Å². The molecule has 0 aliphatic carbocycles. The van der Waals surface area contributed by atoms with E-state index < -0.39 is 0 Å². The first-order valence-corrected chi connectivity index (χ1v) is 8.27. The van der Waals surface area contributed by atoms with Gasteiger partial charge in [-0.3, -0.25) is 4.68 Å². The average molecular weight is 343 g/mol. The number of aromatic nitrogens is 5. The third-order valence-electron chi connectivity index (χ3n) is 3.19. The van der Waals surface area contributed by atoms with E-state index in [0.717, 1.165) is 15.6 Å². The second-order valence-electron chi connectivity index (χ2n) is 5.21. The van der Waals surface area contributed by atoms with E-state index in [9.17, 15) is 4.79 Å². The van der Waals surface area contributed by atoms with E-state index in [1.165, 1.54) is 17.7 Å². The summed E-state index contributed by atoms with van der Waals surface area (Å²) in [5, 5.41) is 19.5. The summed E-state index contributed by atoms with van der Waals surface area (Å²) in [6, 6.07) is 9.52. The molecule has 124 valence electrons. The third kappa shape index (κ3) is 4.35. The average Bonchev–Trinajstić information content (AvgIpc) is 3.25. The lowest BCUT2D eigenvalue weighted by molar-refractivity contribution is 0.235. The van der Waals surface area contributed by atoms with Crippen LogP contribution in [0.15, 0.2) is 43.0 Å². The van der Waals surface area contributed by atoms with E-state index in [1.54, 1.807) is 11.0 Å². The Hall–Kier alpha value is -2.81. The van der Waals surface area contributed by atoms with Crippen molar-refractivity contribution in [3.8, 4) is 10.6 Å². The summed E-state index contributed by atoms with van der Waals surface area (Å²) >= 11 is 1.46. The molecule has 0 bridgehead atoms. The molecule has 0 unspecified atom stereocenters. The molecule has 9 heteroatoms. The number of rotatable bonds is 6. The lowest BCUT2D eigenvalue weighted by Gasteiger charge is -2.13. The molecule has 2 aromatic heterocycles. The molecule has 2 N–H and O–H groups in total. The minimum atomic E-state index is -0.251. The van der Waals surface area contributed by atoms with E-state index in [4.69, 9.17) is 0 Å². The van der Waals surface area contributed by atoms with Crippen LogP contribution in [0.4, 0.5) is 4.79 Å². The standard InChI is InChI=1S/C15H17N7OS/c1-11(8-22-10-16-9-18-22)19-15(23)17-7-13-20-21-14(24-13)12-5-3-2-4-6-12/h2-6,9-11H,7-8H2,1H3,(H2,17,19,23)/t11-/m1/s1. The fraction of sp³-hybridized carbons (Fsp3) is 0.267. The molecule has 3 aromatic rings. The molecule has 0 aliphatic heterocycles. The highest BCUT2D eigenvalue weighted by molar-refractivity contribution is 7.14. The van der Waals surface area contributed by atoms with Crippen molar-refractivity contribution in [1.82, 2.24) is 35.6 Å². The molecule has 0 saturated carbocycles. The quantitative estimate of drug-likeness (QED) is 0.710. The first-order chi connectivity index (χ1) is 11.7. The second-order valence-corrected chi connectivity index (χ2v) is 6.27. The number of carbonyl (C=O) groups excluding carboxylic acids is 1. The smallest absolute Gasteiger partial charge is 0.315 e. The molecule has 24 heavy (non-hydrogen) atoms. The molecule has 2 amide bonds. The van der Waals surface area contributed by atoms with Crippen molar-refractivity contribution in [3.05, 3.63) is 48.0 Å². The van der Waals surface area contributed by atoms with Gasteiger partial charge in [0, 0.05) is 11.6 Å². The maximum Gasteiger partial charge on any atom is 0.315 e. The van der Waals surface area contributed by atoms with Gasteiger partial charge in [-0.05, 0) is 6.92 Å². The van der Waals surface area contributed by atoms with Gasteiger partial charge < -0.3 is 10.6 Å². The fourth-order valence-electron chi connectivity index (χ4n) is 2.11. The highest BCUT2D eigenvalue weighted by Gasteiger charge is 2.10. The number of hydrogen-bond acceptors (Lipinski definition) is 6. The van der Waals surface area contributed by atoms with Crippen molar-refractivity contribution >= 4 is 17.4 Å². The lowest BCUT2D eigenvalue weighted by atomic mass is 10.2. The first kappa shape index (κ1) is 16.1. The summed E-state index contributed by atoms with van der Waals surface area (Å²) < 4.78 is 1.67. The minimum absolute atomic E-state index is 0.0685. The Morgan fingerprint density at radius 2 is 2.12 bits per heavy atom. The number of hydrogen-bond donors (Lipinski definition) is 2. The summed E-state index contributed by atoms with van der Waals surface area (Å²) in [4.78, 5) is 15.8. The Morgan fingerprint density at radius 1 is 1.29 bits per heavy atom. The zero-order valence-corrected chi connectivity index (χ0v) is 13.9. The minimum Gasteiger partial charge on any atom is -0.334 e. The summed E-state index contributed by atoms with van der Waals surface area (Å²) in [5.74, 6) is 0. The van der Waals surface area contributed by atoms with Gasteiger partial charge >= 0.3 is 6.03 Å². The number of nitrogens with zero attached hydrogens (tertiary/aromatic N) is 5. The zero-order chi connectivity index (χ0) is 16.8. The van der Waals surface area contributed by atoms with Crippen LogP contribution in [0.3, 0.4) is 0 Å². The SMILES string of the molecule is C[C@H](Cn1cncn1)NC(=O)NCc1nnc(-c2ccccc2)s1. The summed E-state index contributed by atoms with van der Waals surface area (Å²) in [7, 11) is 0. The molecule has 3 rings (SSSR count). The van der Waals surface area contributed by atoms with Crippen LogP contribution in [0.25, 0.3) is 10.6 Å². The topological polar surface area (TPSA) is 97.6 Å². The maximum atomic E-state index is 11.9. The van der Waals surface area contributed by atoms with Crippen LogP contribution in [0.1, 0.15) is 11.9 Å². The molecule has 0 spiro atoms. The highest BCUT2D eigenvalue weighted by Crippen LogP contribution is 2.22. The molecule has 1 aromatic carbocycles. The van der Waals surface area contributed by atoms with E-state index in [1.807, 2.05) is 37.3 Å². The molecule has 8 nitrogen and oxygen atoms in total. The van der Waals surface area contributed by atoms with Crippen molar-refractivity contribution < 1.29 is 4.79 Å². The zero-order valence-electron chi connectivity index (χ0n) is 13.1. The van der Waals surface area contributed by atoms with Crippen molar-refractivity contribution in [2.75, 3.05) is 0 Å². The lowest BCUT2D eigenvalue weighted by Crippen LogP contribution is -2.42. The monoisotopic (exact) mass is 343 g/mol. The molecular formula is C15H17N7OS. The molecular weight excluding hydrogens is 326 g/mol. The van der Waals surface area contributed by atoms with E-state index in [0.29, 0.717) is 13.1 Å². The Labute approximate surface area is 143 Å². The Morgan fingerprint density at radius 3 is 2.88 bits per heavy atom. The van der Waals surface area contributed by atoms with E-state index in [2.05, 4.69) is 30.9 Å². The molecule has 2 heterocycles. The highest BCUT2D eigenvalue weighted by atomic mass is 32.1. The van der Waals surface area contributed by atoms with Gasteiger partial charge in [0.1, 0.15) is 22.7 Å². The van der Waals surface area contributed by atoms with Crippen LogP contribution in [0.5, 0.6) is 0 Å². The van der Waals surface area contributed by atoms with Crippen molar-refractivity contribution in [1.29, 1.82) is 0 Å². The predicted octanol–water partition coefficient (Wildman–Crippen LogP) is 1.68. The number of carbonyl (C=O) groups is 1. The van der Waals surface area contributed by atoms with Gasteiger partial charge in [0.25, 0.3) is 0 Å². The predicted molar refractivity (Wildman–Crippen MR) is 90.2 cm³/mol. The summed E-state index contributed by atoms with van der Waals surface area (Å²) in [5.41, 5.74) is 1.02. The molecule has 0 saturated heterocycles. The molecule has 1 atom stereocenters. The van der Waals surface area contributed by atoms with Crippen molar-refractivity contribution in [2.45, 2.75) is 26.1 Å². The Bertz CT molecular complexity index is 772. The van der Waals surface area contributed by atoms with Gasteiger partial charge in [-0.25, -0.2) is 9.78 Å². The summed E-state index contributed by atoms with van der Waals surface area (Å²) in [6.07, 6.45) is 3.08. The number of urea groups is 1. The number of nitrogens with one attached hydrogen (secondary N) is 2. The number of amides is 2. The van der Waals surface area contributed by atoms with Crippen LogP contribution >= 0.6 is 11.3 Å². The van der Waals surface area contributed by atoms with Gasteiger partial charge in [-0.15, -0.1) is 10.2 Å². The van der Waals surface area contributed by atoms with Gasteiger partial charge in [-0.2, -0.15) is 5.10 Å². The second kappa shape index (κ2) is 7.64. The summed E-state index contributed by atoms with van der Waals surface area (Å²) in [6.45, 7) is 2.80. The van der Waals surface area contributed by atoms with E-state index in [-0.39, 0.29) is 12.1 Å². The van der Waals surface area contributed by atoms with Gasteiger partial charge in [-0.1, -0.05) is 41.7 Å². The largest absolute Gasteiger partial charge is 0.334 e. The van der Waals surface area contributed by atoms with Crippen molar-refractivity contribution in [2.24, 2.45) is 0 Å². The molecule has 0 fully saturated rings. The first-order valence-electron chi connectivity index (χ1n) is 7.45. The van der Waals surface area contributed by atoms with Crippen LogP contribution in [-0.4, -0.2) is 37.0 Å². The van der Waals surface area contributed by atoms with Crippen molar-refractivity contribution in [3.63, 3.8) is 0 Å². The molecule has 0 aliphatic rings. The Balaban J connectivity index is 1.47. The maximum absolute atomic E-state index is 11.9. The third-order valence-corrected chi connectivity index (χ3v) is 4.17. The van der Waals surface area contributed by atoms with Crippen LogP contribution in [0.2, 0.25) is 0 Å². The van der Waals surface area contributed by atoms with Gasteiger partial charge in [0.05, 0.1) is 13.1 Å². The molecule has 0 radical (unpaired) electrons.